The normalized spacial score (nSPS) is 17.1. The molecule has 1 aromatic rings. The molecule has 1 saturated carbocycles. The van der Waals surface area contributed by atoms with E-state index >= 15 is 0 Å². The molecule has 1 heterocycles. The third-order valence-corrected chi connectivity index (χ3v) is 2.49. The molecule has 0 bridgehead atoms. The van der Waals surface area contributed by atoms with Crippen LogP contribution in [0.3, 0.4) is 0 Å². The van der Waals surface area contributed by atoms with Crippen molar-refractivity contribution in [2.24, 2.45) is 0 Å². The van der Waals surface area contributed by atoms with Crippen molar-refractivity contribution < 1.29 is 8.78 Å². The maximum absolute atomic E-state index is 12.9. The van der Waals surface area contributed by atoms with E-state index in [9.17, 15) is 8.78 Å². The van der Waals surface area contributed by atoms with Crippen LogP contribution >= 0.6 is 20.8 Å². The van der Waals surface area contributed by atoms with E-state index in [1.165, 1.54) is 9.24 Å². The largest absolute Gasteiger partial charge is 0.300 e. The summed E-state index contributed by atoms with van der Waals surface area (Å²) in [6.45, 7) is 0. The molecule has 1 atom stereocenters. The summed E-state index contributed by atoms with van der Waals surface area (Å²) in [7, 11) is 1.45. The summed E-state index contributed by atoms with van der Waals surface area (Å²) < 4.78 is 25.8. The standard InChI is InChI=1S/C8H8ClF2N2P/c9-6-3-5(8(10,11)14)12-7(13-6)4-1-2-4/h3-4H,1-2,14H2. The van der Waals surface area contributed by atoms with Crippen LogP contribution in [0, 0.1) is 0 Å². The first-order valence-electron chi connectivity index (χ1n) is 4.18. The molecule has 1 unspecified atom stereocenters. The highest BCUT2D eigenvalue weighted by Gasteiger charge is 2.32. The van der Waals surface area contributed by atoms with Gasteiger partial charge in [-0.2, -0.15) is 8.78 Å². The first kappa shape index (κ1) is 10.2. The molecule has 0 aliphatic heterocycles. The Kier molecular flexibility index (Phi) is 2.44. The fourth-order valence-electron chi connectivity index (χ4n) is 1.13. The molecule has 2 nitrogen and oxygen atoms in total. The van der Waals surface area contributed by atoms with Gasteiger partial charge in [0, 0.05) is 12.0 Å². The van der Waals surface area contributed by atoms with Crippen molar-refractivity contribution in [1.82, 2.24) is 9.97 Å². The topological polar surface area (TPSA) is 25.8 Å². The van der Waals surface area contributed by atoms with E-state index in [0.29, 0.717) is 5.82 Å². The van der Waals surface area contributed by atoms with Crippen molar-refractivity contribution in [1.29, 1.82) is 0 Å². The van der Waals surface area contributed by atoms with Gasteiger partial charge in [-0.25, -0.2) is 9.97 Å². The highest BCUT2D eigenvalue weighted by atomic mass is 35.5. The zero-order valence-corrected chi connectivity index (χ0v) is 9.09. The Balaban J connectivity index is 2.41. The lowest BCUT2D eigenvalue weighted by molar-refractivity contribution is 0.0981. The molecule has 0 radical (unpaired) electrons. The monoisotopic (exact) mass is 236 g/mol. The van der Waals surface area contributed by atoms with E-state index in [-0.39, 0.29) is 16.8 Å². The van der Waals surface area contributed by atoms with Crippen LogP contribution in [0.25, 0.3) is 0 Å². The van der Waals surface area contributed by atoms with Crippen LogP contribution in [0.4, 0.5) is 8.78 Å². The number of halogens is 3. The molecule has 6 heteroatoms. The first-order valence-corrected chi connectivity index (χ1v) is 5.14. The Labute approximate surface area is 87.3 Å². The highest BCUT2D eigenvalue weighted by molar-refractivity contribution is 7.17. The molecule has 1 aromatic heterocycles. The van der Waals surface area contributed by atoms with Gasteiger partial charge in [-0.15, -0.1) is 0 Å². The number of nitrogens with zero attached hydrogens (tertiary/aromatic N) is 2. The van der Waals surface area contributed by atoms with Crippen molar-refractivity contribution in [3.63, 3.8) is 0 Å². The number of hydrogen-bond acceptors (Lipinski definition) is 2. The smallest absolute Gasteiger partial charge is 0.231 e. The Morgan fingerprint density at radius 2 is 2.07 bits per heavy atom. The second-order valence-electron chi connectivity index (χ2n) is 3.33. The zero-order chi connectivity index (χ0) is 10.3. The molecular formula is C8H8ClF2N2P. The first-order chi connectivity index (χ1) is 6.47. The summed E-state index contributed by atoms with van der Waals surface area (Å²) >= 11 is 5.63. The van der Waals surface area contributed by atoms with Gasteiger partial charge in [0.25, 0.3) is 5.66 Å². The average molecular weight is 237 g/mol. The van der Waals surface area contributed by atoms with Crippen LogP contribution in [0.1, 0.15) is 30.3 Å². The van der Waals surface area contributed by atoms with Gasteiger partial charge in [0.2, 0.25) is 0 Å². The van der Waals surface area contributed by atoms with E-state index in [4.69, 9.17) is 11.6 Å². The van der Waals surface area contributed by atoms with Crippen molar-refractivity contribution in [2.75, 3.05) is 0 Å². The average Bonchev–Trinajstić information content (AvgIpc) is 2.83. The maximum Gasteiger partial charge on any atom is 0.300 e. The predicted octanol–water partition coefficient (Wildman–Crippen LogP) is 2.93. The molecule has 1 fully saturated rings. The second kappa shape index (κ2) is 3.35. The summed E-state index contributed by atoms with van der Waals surface area (Å²) in [5.74, 6) is 0.662. The lowest BCUT2D eigenvalue weighted by Crippen LogP contribution is -2.08. The molecule has 0 amide bonds. The Hall–Kier alpha value is -0.340. The third kappa shape index (κ3) is 2.18. The summed E-state index contributed by atoms with van der Waals surface area (Å²) in [4.78, 5) is 7.72. The van der Waals surface area contributed by atoms with Gasteiger partial charge in [0.15, 0.2) is 0 Å². The van der Waals surface area contributed by atoms with Gasteiger partial charge in [0.05, 0.1) is 0 Å². The summed E-state index contributed by atoms with van der Waals surface area (Å²) in [6.07, 6.45) is 1.92. The molecule has 0 saturated heterocycles. The van der Waals surface area contributed by atoms with Crippen molar-refractivity contribution >= 4 is 20.8 Å². The van der Waals surface area contributed by atoms with Crippen molar-refractivity contribution in [2.45, 2.75) is 24.4 Å². The van der Waals surface area contributed by atoms with Crippen molar-refractivity contribution in [3.05, 3.63) is 22.7 Å². The quantitative estimate of drug-likeness (QED) is 0.583. The highest BCUT2D eigenvalue weighted by Crippen LogP contribution is 2.40. The molecule has 0 aromatic carbocycles. The van der Waals surface area contributed by atoms with Gasteiger partial charge in [-0.3, -0.25) is 0 Å². The maximum atomic E-state index is 12.9. The van der Waals surface area contributed by atoms with Crippen LogP contribution in [-0.4, -0.2) is 9.97 Å². The molecule has 0 N–H and O–H groups in total. The molecule has 1 aliphatic rings. The van der Waals surface area contributed by atoms with E-state index in [1.807, 2.05) is 0 Å². The number of rotatable bonds is 2. The SMILES string of the molecule is FC(F)(P)c1cc(Cl)nc(C2CC2)n1. The third-order valence-electron chi connectivity index (χ3n) is 2.00. The summed E-state index contributed by atoms with van der Waals surface area (Å²) in [5, 5.41) is 0.0824. The number of alkyl halides is 2. The number of aromatic nitrogens is 2. The van der Waals surface area contributed by atoms with Gasteiger partial charge in [0.1, 0.15) is 16.7 Å². The van der Waals surface area contributed by atoms with Crippen LogP contribution in [0.2, 0.25) is 5.15 Å². The van der Waals surface area contributed by atoms with Gasteiger partial charge in [-0.05, 0) is 12.8 Å². The Bertz CT molecular complexity index is 363. The van der Waals surface area contributed by atoms with Gasteiger partial charge in [-0.1, -0.05) is 20.8 Å². The summed E-state index contributed by atoms with van der Waals surface area (Å²) in [5.41, 5.74) is -3.36. The predicted molar refractivity (Wildman–Crippen MR) is 52.6 cm³/mol. The van der Waals surface area contributed by atoms with E-state index in [1.54, 1.807) is 0 Å². The zero-order valence-electron chi connectivity index (χ0n) is 7.17. The van der Waals surface area contributed by atoms with Gasteiger partial charge < -0.3 is 0 Å². The number of hydrogen-bond donors (Lipinski definition) is 0. The Morgan fingerprint density at radius 1 is 1.43 bits per heavy atom. The molecule has 1 aliphatic carbocycles. The second-order valence-corrected chi connectivity index (χ2v) is 4.44. The van der Waals surface area contributed by atoms with E-state index in [2.05, 4.69) is 9.97 Å². The van der Waals surface area contributed by atoms with Crippen LogP contribution in [0.15, 0.2) is 6.07 Å². The molecule has 76 valence electrons. The van der Waals surface area contributed by atoms with Crippen LogP contribution in [-0.2, 0) is 5.66 Å². The lowest BCUT2D eigenvalue weighted by atomic mass is 10.3. The minimum Gasteiger partial charge on any atom is -0.231 e. The fourth-order valence-corrected chi connectivity index (χ4v) is 1.47. The fraction of sp³-hybridized carbons (Fsp3) is 0.500. The summed E-state index contributed by atoms with van der Waals surface area (Å²) in [6, 6.07) is 1.10. The lowest BCUT2D eigenvalue weighted by Gasteiger charge is -2.10. The van der Waals surface area contributed by atoms with E-state index < -0.39 is 5.66 Å². The Morgan fingerprint density at radius 3 is 2.57 bits per heavy atom. The van der Waals surface area contributed by atoms with Crippen LogP contribution in [0.5, 0.6) is 0 Å². The minimum atomic E-state index is -3.03. The molecule has 14 heavy (non-hydrogen) atoms. The minimum absolute atomic E-state index is 0.0824. The van der Waals surface area contributed by atoms with E-state index in [0.717, 1.165) is 18.9 Å². The van der Waals surface area contributed by atoms with Crippen LogP contribution < -0.4 is 0 Å². The van der Waals surface area contributed by atoms with Crippen molar-refractivity contribution in [3.8, 4) is 0 Å². The molecule has 2 rings (SSSR count). The molecule has 0 spiro atoms. The van der Waals surface area contributed by atoms with Gasteiger partial charge >= 0.3 is 0 Å². The molecular weight excluding hydrogens is 229 g/mol.